The lowest BCUT2D eigenvalue weighted by Gasteiger charge is -2.29. The third kappa shape index (κ3) is 3.94. The van der Waals surface area contributed by atoms with Gasteiger partial charge in [0.15, 0.2) is 0 Å². The first-order valence-electron chi connectivity index (χ1n) is 8.24. The van der Waals surface area contributed by atoms with E-state index in [0.29, 0.717) is 37.2 Å². The van der Waals surface area contributed by atoms with Crippen molar-refractivity contribution in [2.24, 2.45) is 5.92 Å². The number of aromatic nitrogens is 1. The van der Waals surface area contributed by atoms with Crippen molar-refractivity contribution in [3.05, 3.63) is 48.0 Å². The maximum absolute atomic E-state index is 13.4. The summed E-state index contributed by atoms with van der Waals surface area (Å²) in [5.74, 6) is -0.359. The summed E-state index contributed by atoms with van der Waals surface area (Å²) in [4.78, 5) is 18.0. The van der Waals surface area contributed by atoms with Gasteiger partial charge in [-0.2, -0.15) is 5.26 Å². The van der Waals surface area contributed by atoms with Crippen LogP contribution < -0.4 is 5.32 Å². The number of pyridine rings is 1. The number of halogens is 1. The zero-order valence-electron chi connectivity index (χ0n) is 14.0. The van der Waals surface area contributed by atoms with Gasteiger partial charge in [0.05, 0.1) is 12.3 Å². The van der Waals surface area contributed by atoms with E-state index in [-0.39, 0.29) is 13.4 Å². The fourth-order valence-electron chi connectivity index (χ4n) is 2.98. The van der Waals surface area contributed by atoms with Crippen LogP contribution in [0, 0.1) is 30.0 Å². The Kier molecular flexibility index (Phi) is 4.94. The number of nitrogens with one attached hydrogen (secondary N) is 1. The van der Waals surface area contributed by atoms with Gasteiger partial charge >= 0.3 is 6.03 Å². The van der Waals surface area contributed by atoms with Crippen LogP contribution in [0.5, 0.6) is 0 Å². The molecule has 6 heteroatoms. The molecule has 1 N–H and O–H groups in total. The van der Waals surface area contributed by atoms with Crippen molar-refractivity contribution in [2.75, 3.05) is 18.4 Å². The Balaban J connectivity index is 0.00000243. The molecule has 0 radical (unpaired) electrons. The molecule has 2 aromatic rings. The number of carbonyl (C=O) groups is 1. The van der Waals surface area contributed by atoms with Gasteiger partial charge in [-0.1, -0.05) is 6.07 Å². The van der Waals surface area contributed by atoms with Gasteiger partial charge in [-0.25, -0.2) is 9.18 Å². The van der Waals surface area contributed by atoms with Crippen LogP contribution in [0.2, 0.25) is 0 Å². The average Bonchev–Trinajstić information content (AvgIpc) is 2.63. The minimum absolute atomic E-state index is 0. The molecule has 1 saturated heterocycles. The quantitative estimate of drug-likeness (QED) is 0.890. The minimum Gasteiger partial charge on any atom is -0.324 e. The number of rotatable bonds is 2. The second kappa shape index (κ2) is 7.31. The van der Waals surface area contributed by atoms with Gasteiger partial charge in [-0.3, -0.25) is 4.98 Å². The highest BCUT2D eigenvalue weighted by molar-refractivity contribution is 5.90. The fraction of sp³-hybridized carbons (Fsp3) is 0.316. The number of urea groups is 1. The third-order valence-electron chi connectivity index (χ3n) is 4.47. The molecular formula is C19H21FN4O. The number of hydrogen-bond donors (Lipinski definition) is 1. The van der Waals surface area contributed by atoms with Gasteiger partial charge in [0.25, 0.3) is 0 Å². The van der Waals surface area contributed by atoms with Crippen LogP contribution in [-0.2, 0) is 0 Å². The zero-order chi connectivity index (χ0) is 17.8. The molecular weight excluding hydrogens is 319 g/mol. The van der Waals surface area contributed by atoms with E-state index in [1.54, 1.807) is 11.1 Å². The van der Waals surface area contributed by atoms with Crippen molar-refractivity contribution in [1.29, 1.82) is 5.26 Å². The standard InChI is InChI=1S/C19H19FN4O.H2/c1-13-2-3-17(9-18(13)15-8-16(20)12-22-11-15)23-19(25)24-6-4-14(10-21)5-7-24;/h2-3,8-9,11-12,14H,4-7H2,1H3,(H,23,25);1H. The zero-order valence-corrected chi connectivity index (χ0v) is 14.0. The fourth-order valence-corrected chi connectivity index (χ4v) is 2.98. The first-order chi connectivity index (χ1) is 12.1. The number of nitrogens with zero attached hydrogens (tertiary/aromatic N) is 3. The third-order valence-corrected chi connectivity index (χ3v) is 4.47. The number of anilines is 1. The van der Waals surface area contributed by atoms with Crippen molar-refractivity contribution >= 4 is 11.7 Å². The van der Waals surface area contributed by atoms with E-state index in [1.807, 2.05) is 25.1 Å². The molecule has 0 saturated carbocycles. The summed E-state index contributed by atoms with van der Waals surface area (Å²) in [7, 11) is 0. The lowest BCUT2D eigenvalue weighted by atomic mass is 9.99. The Labute approximate surface area is 147 Å². The van der Waals surface area contributed by atoms with E-state index in [2.05, 4.69) is 16.4 Å². The molecule has 2 heterocycles. The van der Waals surface area contributed by atoms with Crippen molar-refractivity contribution in [3.8, 4) is 17.2 Å². The summed E-state index contributed by atoms with van der Waals surface area (Å²) in [6, 6.07) is 9.04. The van der Waals surface area contributed by atoms with Crippen molar-refractivity contribution in [3.63, 3.8) is 0 Å². The monoisotopic (exact) mass is 340 g/mol. The van der Waals surface area contributed by atoms with Crippen LogP contribution in [0.4, 0.5) is 14.9 Å². The van der Waals surface area contributed by atoms with E-state index >= 15 is 0 Å². The predicted octanol–water partition coefficient (Wildman–Crippen LogP) is 4.21. The number of aryl methyl sites for hydroxylation is 1. The Morgan fingerprint density at radius 1 is 1.36 bits per heavy atom. The summed E-state index contributed by atoms with van der Waals surface area (Å²) in [6.45, 7) is 3.09. The second-order valence-corrected chi connectivity index (χ2v) is 6.24. The first kappa shape index (κ1) is 16.9. The van der Waals surface area contributed by atoms with Gasteiger partial charge in [0.2, 0.25) is 0 Å². The molecule has 1 aromatic heterocycles. The number of benzene rings is 1. The smallest absolute Gasteiger partial charge is 0.321 e. The molecule has 0 spiro atoms. The van der Waals surface area contributed by atoms with Gasteiger partial charge in [0, 0.05) is 37.9 Å². The molecule has 1 aliphatic heterocycles. The van der Waals surface area contributed by atoms with Crippen molar-refractivity contribution < 1.29 is 10.6 Å². The van der Waals surface area contributed by atoms with E-state index in [0.717, 1.165) is 17.3 Å². The van der Waals surface area contributed by atoms with Crippen LogP contribution in [0.1, 0.15) is 19.8 Å². The second-order valence-electron chi connectivity index (χ2n) is 6.24. The van der Waals surface area contributed by atoms with Gasteiger partial charge < -0.3 is 10.2 Å². The molecule has 0 unspecified atom stereocenters. The van der Waals surface area contributed by atoms with Gasteiger partial charge in [-0.15, -0.1) is 0 Å². The molecule has 25 heavy (non-hydrogen) atoms. The Hall–Kier alpha value is -2.94. The van der Waals surface area contributed by atoms with E-state index < -0.39 is 5.82 Å². The van der Waals surface area contributed by atoms with E-state index in [1.165, 1.54) is 6.07 Å². The highest BCUT2D eigenvalue weighted by Gasteiger charge is 2.22. The Morgan fingerprint density at radius 3 is 2.80 bits per heavy atom. The topological polar surface area (TPSA) is 69.0 Å². The van der Waals surface area contributed by atoms with Gasteiger partial charge in [0.1, 0.15) is 5.82 Å². The minimum atomic E-state index is -0.397. The number of nitriles is 1. The number of likely N-dealkylation sites (tertiary alicyclic amines) is 1. The summed E-state index contributed by atoms with van der Waals surface area (Å²) >= 11 is 0. The maximum Gasteiger partial charge on any atom is 0.321 e. The number of amides is 2. The molecule has 130 valence electrons. The van der Waals surface area contributed by atoms with Crippen LogP contribution in [0.15, 0.2) is 36.7 Å². The lowest BCUT2D eigenvalue weighted by Crippen LogP contribution is -2.40. The highest BCUT2D eigenvalue weighted by atomic mass is 19.1. The normalized spacial score (nSPS) is 14.8. The molecule has 1 fully saturated rings. The molecule has 0 bridgehead atoms. The first-order valence-corrected chi connectivity index (χ1v) is 8.24. The number of piperidine rings is 1. The number of carbonyl (C=O) groups excluding carboxylic acids is 1. The van der Waals surface area contributed by atoms with Crippen molar-refractivity contribution in [2.45, 2.75) is 19.8 Å². The lowest BCUT2D eigenvalue weighted by molar-refractivity contribution is 0.192. The molecule has 1 aromatic carbocycles. The molecule has 0 aliphatic carbocycles. The van der Waals surface area contributed by atoms with Crippen LogP contribution in [0.25, 0.3) is 11.1 Å². The Bertz CT molecular complexity index is 829. The van der Waals surface area contributed by atoms with Crippen LogP contribution in [-0.4, -0.2) is 29.0 Å². The van der Waals surface area contributed by atoms with E-state index in [4.69, 9.17) is 5.26 Å². The van der Waals surface area contributed by atoms with Crippen LogP contribution in [0.3, 0.4) is 0 Å². The van der Waals surface area contributed by atoms with Crippen LogP contribution >= 0.6 is 0 Å². The largest absolute Gasteiger partial charge is 0.324 e. The molecule has 3 rings (SSSR count). The summed E-state index contributed by atoms with van der Waals surface area (Å²) in [5.41, 5.74) is 3.12. The summed E-state index contributed by atoms with van der Waals surface area (Å²) in [6.07, 6.45) is 4.18. The summed E-state index contributed by atoms with van der Waals surface area (Å²) in [5, 5.41) is 11.8. The van der Waals surface area contributed by atoms with E-state index in [9.17, 15) is 9.18 Å². The molecule has 1 aliphatic rings. The predicted molar refractivity (Wildman–Crippen MR) is 95.4 cm³/mol. The molecule has 5 nitrogen and oxygen atoms in total. The highest BCUT2D eigenvalue weighted by Crippen LogP contribution is 2.27. The molecule has 0 atom stereocenters. The average molecular weight is 340 g/mol. The van der Waals surface area contributed by atoms with Crippen molar-refractivity contribution in [1.82, 2.24) is 9.88 Å². The Morgan fingerprint density at radius 2 is 2.12 bits per heavy atom. The van der Waals surface area contributed by atoms with Gasteiger partial charge in [-0.05, 0) is 49.1 Å². The summed E-state index contributed by atoms with van der Waals surface area (Å²) < 4.78 is 13.4. The maximum atomic E-state index is 13.4. The SMILES string of the molecule is Cc1ccc(NC(=O)N2CCC(C#N)CC2)cc1-c1cncc(F)c1.[HH]. The number of hydrogen-bond acceptors (Lipinski definition) is 3. The molecule has 2 amide bonds.